The molecule has 2 aromatic rings. The van der Waals surface area contributed by atoms with Crippen molar-refractivity contribution in [1.29, 1.82) is 0 Å². The zero-order valence-electron chi connectivity index (χ0n) is 19.0. The minimum absolute atomic E-state index is 0.505. The van der Waals surface area contributed by atoms with E-state index < -0.39 is 0 Å². The van der Waals surface area contributed by atoms with Crippen molar-refractivity contribution in [2.45, 2.75) is 0 Å². The maximum Gasteiger partial charge on any atom is 0.118 e. The molecule has 0 saturated heterocycles. The molecule has 0 heterocycles. The molecule has 0 aliphatic carbocycles. The number of nitrogens with zero attached hydrogens (tertiary/aromatic N) is 3. The number of methoxy groups -OCH3 is 2. The van der Waals surface area contributed by atoms with E-state index in [4.69, 9.17) is 14.2 Å². The molecule has 7 heteroatoms. The first-order valence-electron chi connectivity index (χ1n) is 9.79. The molecule has 2 aromatic carbocycles. The van der Waals surface area contributed by atoms with Crippen LogP contribution in [0.5, 0.6) is 11.5 Å². The van der Waals surface area contributed by atoms with Crippen molar-refractivity contribution < 1.29 is 19.4 Å². The largest absolute Gasteiger partial charge is 0.497 e. The average Bonchev–Trinajstić information content (AvgIpc) is 2.75. The van der Waals surface area contributed by atoms with Gasteiger partial charge in [-0.2, -0.15) is 0 Å². The summed E-state index contributed by atoms with van der Waals surface area (Å²) < 4.78 is 15.6. The summed E-state index contributed by atoms with van der Waals surface area (Å²) in [5, 5.41) is 12.6. The van der Waals surface area contributed by atoms with Crippen molar-refractivity contribution in [3.05, 3.63) is 59.7 Å². The van der Waals surface area contributed by atoms with E-state index in [0.717, 1.165) is 48.9 Å². The van der Waals surface area contributed by atoms with Crippen molar-refractivity contribution in [3.63, 3.8) is 0 Å². The second-order valence-electron chi connectivity index (χ2n) is 7.12. The summed E-state index contributed by atoms with van der Waals surface area (Å²) in [5.41, 5.74) is 2.13. The molecule has 0 radical (unpaired) electrons. The minimum atomic E-state index is 0.505. The Labute approximate surface area is 180 Å². The van der Waals surface area contributed by atoms with Gasteiger partial charge in [-0.15, -0.1) is 0 Å². The van der Waals surface area contributed by atoms with E-state index >= 15 is 0 Å². The quantitative estimate of drug-likeness (QED) is 0.277. The second kappa shape index (κ2) is 14.4. The molecule has 0 bridgehead atoms. The van der Waals surface area contributed by atoms with Crippen molar-refractivity contribution in [1.82, 2.24) is 9.80 Å². The molecule has 30 heavy (non-hydrogen) atoms. The molecule has 0 aromatic heterocycles. The van der Waals surface area contributed by atoms with Gasteiger partial charge >= 0.3 is 0 Å². The first-order valence-corrected chi connectivity index (χ1v) is 9.79. The van der Waals surface area contributed by atoms with E-state index in [1.54, 1.807) is 14.2 Å². The SMILES string of the molecule is CN(C)CCOCCN(C)C.COc1ccc(C(=NO)c2ccc(OC)cc2)cc1. The maximum absolute atomic E-state index is 9.21. The van der Waals surface area contributed by atoms with Crippen LogP contribution in [0.4, 0.5) is 0 Å². The summed E-state index contributed by atoms with van der Waals surface area (Å²) in [7, 11) is 11.4. The van der Waals surface area contributed by atoms with Gasteiger partial charge in [0.25, 0.3) is 0 Å². The van der Waals surface area contributed by atoms with Crippen LogP contribution in [0, 0.1) is 0 Å². The lowest BCUT2D eigenvalue weighted by Crippen LogP contribution is -2.22. The van der Waals surface area contributed by atoms with Crippen LogP contribution in [0.15, 0.2) is 53.7 Å². The van der Waals surface area contributed by atoms with Crippen LogP contribution >= 0.6 is 0 Å². The fourth-order valence-corrected chi connectivity index (χ4v) is 2.38. The van der Waals surface area contributed by atoms with Crippen LogP contribution in [0.3, 0.4) is 0 Å². The van der Waals surface area contributed by atoms with E-state index in [9.17, 15) is 5.21 Å². The molecule has 166 valence electrons. The van der Waals surface area contributed by atoms with Gasteiger partial charge < -0.3 is 29.2 Å². The van der Waals surface area contributed by atoms with Gasteiger partial charge in [0.2, 0.25) is 0 Å². The van der Waals surface area contributed by atoms with Crippen molar-refractivity contribution in [2.24, 2.45) is 5.16 Å². The van der Waals surface area contributed by atoms with E-state index in [2.05, 4.69) is 43.1 Å². The summed E-state index contributed by atoms with van der Waals surface area (Å²) in [6.07, 6.45) is 0. The molecular formula is C23H35N3O4. The summed E-state index contributed by atoms with van der Waals surface area (Å²) in [4.78, 5) is 4.24. The van der Waals surface area contributed by atoms with Crippen LogP contribution in [0.1, 0.15) is 11.1 Å². The van der Waals surface area contributed by atoms with Gasteiger partial charge in [-0.25, -0.2) is 0 Å². The Morgan fingerprint density at radius 3 is 1.37 bits per heavy atom. The monoisotopic (exact) mass is 417 g/mol. The summed E-state index contributed by atoms with van der Waals surface area (Å²) >= 11 is 0. The fraction of sp³-hybridized carbons (Fsp3) is 0.435. The maximum atomic E-state index is 9.21. The van der Waals surface area contributed by atoms with Crippen LogP contribution in [0.2, 0.25) is 0 Å². The molecule has 0 amide bonds. The Morgan fingerprint density at radius 1 is 0.733 bits per heavy atom. The third-order valence-electron chi connectivity index (χ3n) is 4.19. The van der Waals surface area contributed by atoms with Gasteiger partial charge in [0.1, 0.15) is 17.2 Å². The predicted octanol–water partition coefficient (Wildman–Crippen LogP) is 3.06. The van der Waals surface area contributed by atoms with Gasteiger partial charge in [0.15, 0.2) is 0 Å². The molecule has 0 atom stereocenters. The lowest BCUT2D eigenvalue weighted by Gasteiger charge is -2.12. The van der Waals surface area contributed by atoms with Gasteiger partial charge in [0.05, 0.1) is 27.4 Å². The third kappa shape index (κ3) is 9.73. The lowest BCUT2D eigenvalue weighted by molar-refractivity contribution is 0.104. The lowest BCUT2D eigenvalue weighted by atomic mass is 10.0. The smallest absolute Gasteiger partial charge is 0.118 e. The number of oxime groups is 1. The highest BCUT2D eigenvalue weighted by Crippen LogP contribution is 2.18. The van der Waals surface area contributed by atoms with Crippen LogP contribution in [0.25, 0.3) is 0 Å². The third-order valence-corrected chi connectivity index (χ3v) is 4.19. The molecule has 0 saturated carbocycles. The van der Waals surface area contributed by atoms with Gasteiger partial charge in [0, 0.05) is 24.2 Å². The van der Waals surface area contributed by atoms with Crippen LogP contribution in [-0.4, -0.2) is 89.4 Å². The minimum Gasteiger partial charge on any atom is -0.497 e. The first-order chi connectivity index (χ1) is 14.4. The van der Waals surface area contributed by atoms with Gasteiger partial charge in [-0.3, -0.25) is 0 Å². The molecule has 7 nitrogen and oxygen atoms in total. The highest BCUT2D eigenvalue weighted by atomic mass is 16.5. The zero-order chi connectivity index (χ0) is 22.4. The normalized spacial score (nSPS) is 10.4. The van der Waals surface area contributed by atoms with Gasteiger partial charge in [-0.1, -0.05) is 5.16 Å². The van der Waals surface area contributed by atoms with E-state index in [1.807, 2.05) is 48.5 Å². The summed E-state index contributed by atoms with van der Waals surface area (Å²) in [6, 6.07) is 14.7. The summed E-state index contributed by atoms with van der Waals surface area (Å²) in [5.74, 6) is 1.52. The number of hydrogen-bond donors (Lipinski definition) is 1. The molecule has 0 fully saturated rings. The second-order valence-corrected chi connectivity index (χ2v) is 7.12. The standard InChI is InChI=1S/C15H15NO3.C8H20N2O/c1-18-13-7-3-11(4-8-13)15(16-17)12-5-9-14(19-2)10-6-12;1-9(2)5-7-11-8-6-10(3)4/h3-10,17H,1-2H3;5-8H2,1-4H3. The molecular weight excluding hydrogens is 382 g/mol. The number of likely N-dealkylation sites (N-methyl/N-ethyl adjacent to an activating group) is 2. The summed E-state index contributed by atoms with van der Waals surface area (Å²) in [6.45, 7) is 3.68. The van der Waals surface area contributed by atoms with Crippen molar-refractivity contribution >= 4 is 5.71 Å². The first kappa shape index (κ1) is 25.4. The van der Waals surface area contributed by atoms with E-state index in [1.165, 1.54) is 0 Å². The van der Waals surface area contributed by atoms with E-state index in [0.29, 0.717) is 5.71 Å². The van der Waals surface area contributed by atoms with Gasteiger partial charge in [-0.05, 0) is 76.7 Å². The fourth-order valence-electron chi connectivity index (χ4n) is 2.38. The van der Waals surface area contributed by atoms with Crippen LogP contribution < -0.4 is 9.47 Å². The molecule has 0 spiro atoms. The average molecular weight is 418 g/mol. The predicted molar refractivity (Wildman–Crippen MR) is 121 cm³/mol. The number of benzene rings is 2. The van der Waals surface area contributed by atoms with Crippen LogP contribution in [-0.2, 0) is 4.74 Å². The number of ether oxygens (including phenoxy) is 3. The molecule has 0 unspecified atom stereocenters. The molecule has 0 aliphatic heterocycles. The number of hydrogen-bond acceptors (Lipinski definition) is 7. The van der Waals surface area contributed by atoms with Crippen molar-refractivity contribution in [3.8, 4) is 11.5 Å². The Bertz CT molecular complexity index is 670. The Kier molecular flexibility index (Phi) is 12.2. The Morgan fingerprint density at radius 2 is 1.10 bits per heavy atom. The highest BCUT2D eigenvalue weighted by molar-refractivity contribution is 6.12. The number of rotatable bonds is 10. The topological polar surface area (TPSA) is 66.8 Å². The molecule has 1 N–H and O–H groups in total. The zero-order valence-corrected chi connectivity index (χ0v) is 19.0. The molecule has 0 aliphatic rings. The Hall–Kier alpha value is -2.61. The van der Waals surface area contributed by atoms with Crippen molar-refractivity contribution in [2.75, 3.05) is 68.7 Å². The van der Waals surface area contributed by atoms with E-state index in [-0.39, 0.29) is 0 Å². The highest BCUT2D eigenvalue weighted by Gasteiger charge is 2.08. The molecule has 2 rings (SSSR count). The Balaban J connectivity index is 0.000000352.